The Morgan fingerprint density at radius 1 is 0.673 bits per heavy atom. The first-order valence-electron chi connectivity index (χ1n) is 18.5. The van der Waals surface area contributed by atoms with Crippen molar-refractivity contribution in [2.24, 2.45) is 23.3 Å². The maximum absolute atomic E-state index is 13.6. The zero-order chi connectivity index (χ0) is 41.8. The van der Waals surface area contributed by atoms with Gasteiger partial charge in [0.2, 0.25) is 41.4 Å². The molecule has 0 spiro atoms. The fourth-order valence-corrected chi connectivity index (χ4v) is 5.72. The molecule has 1 heterocycles. The lowest BCUT2D eigenvalue weighted by Crippen LogP contribution is -2.60. The van der Waals surface area contributed by atoms with E-state index in [9.17, 15) is 53.7 Å². The molecule has 7 atom stereocenters. The molecule has 1 fully saturated rings. The number of aliphatic hydroxyl groups excluding tert-OH is 3. The van der Waals surface area contributed by atoms with E-state index >= 15 is 0 Å². The molecule has 314 valence electrons. The van der Waals surface area contributed by atoms with Crippen LogP contribution in [0, 0.1) is 11.8 Å². The fraction of sp³-hybridized carbons (Fsp3) is 0.765. The SMILES string of the molecule is CC(C)C[C@H](NC(=O)[C@H](CCCCN)NC(=O)[C@H](CC(C)C)NC(=O)[C@H](CO)NC(=O)[C@@H]1CCCN1C(=O)CNC(=O)[C@H](CO)NC(=O)[C@@H](N)CO)C(=O)O. The number of rotatable bonds is 25. The van der Waals surface area contributed by atoms with Gasteiger partial charge in [-0.1, -0.05) is 27.7 Å². The summed E-state index contributed by atoms with van der Waals surface area (Å²) in [6.07, 6.45) is 1.93. The van der Waals surface area contributed by atoms with E-state index in [2.05, 4.69) is 31.9 Å². The van der Waals surface area contributed by atoms with E-state index in [0.717, 1.165) is 4.90 Å². The van der Waals surface area contributed by atoms with Crippen LogP contribution in [0.4, 0.5) is 0 Å². The smallest absolute Gasteiger partial charge is 0.326 e. The molecule has 0 unspecified atom stereocenters. The quantitative estimate of drug-likeness (QED) is 0.0386. The molecule has 1 aliphatic heterocycles. The van der Waals surface area contributed by atoms with Gasteiger partial charge in [-0.3, -0.25) is 33.6 Å². The number of nitrogens with one attached hydrogen (secondary N) is 6. The molecule has 14 N–H and O–H groups in total. The van der Waals surface area contributed by atoms with Crippen molar-refractivity contribution in [3.63, 3.8) is 0 Å². The molecule has 55 heavy (non-hydrogen) atoms. The van der Waals surface area contributed by atoms with Crippen LogP contribution in [0.3, 0.4) is 0 Å². The maximum Gasteiger partial charge on any atom is 0.326 e. The van der Waals surface area contributed by atoms with Crippen molar-refractivity contribution in [1.29, 1.82) is 0 Å². The average Bonchev–Trinajstić information content (AvgIpc) is 3.63. The van der Waals surface area contributed by atoms with Crippen LogP contribution in [0.5, 0.6) is 0 Å². The third kappa shape index (κ3) is 16.9. The van der Waals surface area contributed by atoms with Gasteiger partial charge in [0.1, 0.15) is 42.3 Å². The predicted molar refractivity (Wildman–Crippen MR) is 196 cm³/mol. The second kappa shape index (κ2) is 24.9. The zero-order valence-corrected chi connectivity index (χ0v) is 32.0. The van der Waals surface area contributed by atoms with Gasteiger partial charge < -0.3 is 68.7 Å². The second-order valence-corrected chi connectivity index (χ2v) is 14.3. The van der Waals surface area contributed by atoms with Crippen molar-refractivity contribution < 1.29 is 58.8 Å². The van der Waals surface area contributed by atoms with Gasteiger partial charge in [-0.15, -0.1) is 0 Å². The van der Waals surface area contributed by atoms with Crippen LogP contribution in [0.25, 0.3) is 0 Å². The molecule has 0 aliphatic carbocycles. The number of likely N-dealkylation sites (tertiary alicyclic amines) is 1. The molecule has 0 aromatic heterocycles. The minimum absolute atomic E-state index is 0.0475. The van der Waals surface area contributed by atoms with E-state index in [4.69, 9.17) is 16.6 Å². The number of amides is 7. The van der Waals surface area contributed by atoms with Crippen LogP contribution >= 0.6 is 0 Å². The molecule has 1 saturated heterocycles. The van der Waals surface area contributed by atoms with Crippen molar-refractivity contribution in [3.05, 3.63) is 0 Å². The third-order valence-corrected chi connectivity index (χ3v) is 8.70. The van der Waals surface area contributed by atoms with Gasteiger partial charge in [-0.05, 0) is 63.3 Å². The van der Waals surface area contributed by atoms with Crippen LogP contribution in [-0.2, 0) is 38.4 Å². The largest absolute Gasteiger partial charge is 0.480 e. The normalized spacial score (nSPS) is 17.3. The number of aliphatic carboxylic acids is 1. The van der Waals surface area contributed by atoms with Gasteiger partial charge >= 0.3 is 5.97 Å². The lowest BCUT2D eigenvalue weighted by atomic mass is 10.0. The third-order valence-electron chi connectivity index (χ3n) is 8.70. The first-order chi connectivity index (χ1) is 25.9. The molecule has 7 amide bonds. The van der Waals surface area contributed by atoms with E-state index in [1.165, 1.54) is 0 Å². The number of hydrogen-bond donors (Lipinski definition) is 12. The summed E-state index contributed by atoms with van der Waals surface area (Å²) in [6, 6.07) is -9.03. The lowest BCUT2D eigenvalue weighted by Gasteiger charge is -2.28. The van der Waals surface area contributed by atoms with E-state index in [0.29, 0.717) is 25.8 Å². The summed E-state index contributed by atoms with van der Waals surface area (Å²) in [5, 5.41) is 52.6. The number of carboxylic acid groups (broad SMARTS) is 1. The van der Waals surface area contributed by atoms with Gasteiger partial charge in [0.25, 0.3) is 0 Å². The summed E-state index contributed by atoms with van der Waals surface area (Å²) in [7, 11) is 0. The molecule has 0 aromatic rings. The Morgan fingerprint density at radius 3 is 1.73 bits per heavy atom. The molecule has 1 aliphatic rings. The lowest BCUT2D eigenvalue weighted by molar-refractivity contribution is -0.143. The highest BCUT2D eigenvalue weighted by Crippen LogP contribution is 2.18. The summed E-state index contributed by atoms with van der Waals surface area (Å²) in [6.45, 7) is 4.58. The highest BCUT2D eigenvalue weighted by molar-refractivity contribution is 5.97. The number of hydrogen-bond acceptors (Lipinski definition) is 13. The predicted octanol–water partition coefficient (Wildman–Crippen LogP) is -4.87. The number of carboxylic acids is 1. The van der Waals surface area contributed by atoms with E-state index in [1.807, 2.05) is 0 Å². The molecular weight excluding hydrogens is 726 g/mol. The molecular formula is C34H61N9O12. The molecule has 1 rings (SSSR count). The van der Waals surface area contributed by atoms with Crippen LogP contribution < -0.4 is 43.4 Å². The van der Waals surface area contributed by atoms with Gasteiger partial charge in [-0.25, -0.2) is 4.79 Å². The number of unbranched alkanes of at least 4 members (excludes halogenated alkanes) is 1. The molecule has 0 radical (unpaired) electrons. The Morgan fingerprint density at radius 2 is 1.18 bits per heavy atom. The van der Waals surface area contributed by atoms with Gasteiger partial charge in [0, 0.05) is 6.54 Å². The first-order valence-corrected chi connectivity index (χ1v) is 18.5. The topological polar surface area (TPSA) is 345 Å². The highest BCUT2D eigenvalue weighted by Gasteiger charge is 2.37. The standard InChI is InChI=1S/C34H61N9O12/c1-18(2)12-22(31(51)38-21(8-5-6-10-35)30(50)40-23(34(54)55)13-19(3)4)39-32(52)25(17-46)42-33(53)26-9-7-11-43(26)27(47)14-37-29(49)24(16-45)41-28(48)20(36)15-44/h18-26,44-46H,5-17,35-36H2,1-4H3,(H,37,49)(H,38,51)(H,39,52)(H,40,50)(H,41,48)(H,42,53)(H,54,55)/t20-,21-,22-,23-,24-,25-,26-/m0/s1. The van der Waals surface area contributed by atoms with Crippen molar-refractivity contribution >= 4 is 47.3 Å². The van der Waals surface area contributed by atoms with Crippen molar-refractivity contribution in [1.82, 2.24) is 36.8 Å². The van der Waals surface area contributed by atoms with Gasteiger partial charge in [0.05, 0.1) is 26.4 Å². The number of carbonyl (C=O) groups is 8. The summed E-state index contributed by atoms with van der Waals surface area (Å²) in [5.74, 6) is -7.13. The van der Waals surface area contributed by atoms with Crippen molar-refractivity contribution in [2.45, 2.75) is 115 Å². The van der Waals surface area contributed by atoms with Crippen LogP contribution in [0.2, 0.25) is 0 Å². The van der Waals surface area contributed by atoms with Crippen LogP contribution in [0.15, 0.2) is 0 Å². The van der Waals surface area contributed by atoms with Gasteiger partial charge in [0.15, 0.2) is 0 Å². The van der Waals surface area contributed by atoms with E-state index < -0.39 is 116 Å². The number of nitrogens with two attached hydrogens (primary N) is 2. The first kappa shape index (κ1) is 48.6. The molecule has 21 heteroatoms. The summed E-state index contributed by atoms with van der Waals surface area (Å²) in [5.41, 5.74) is 11.0. The Kier molecular flexibility index (Phi) is 22.0. The number of aliphatic hydroxyl groups is 3. The summed E-state index contributed by atoms with van der Waals surface area (Å²) < 4.78 is 0. The summed E-state index contributed by atoms with van der Waals surface area (Å²) in [4.78, 5) is 104. The van der Waals surface area contributed by atoms with Gasteiger partial charge in [-0.2, -0.15) is 0 Å². The van der Waals surface area contributed by atoms with Crippen LogP contribution in [-0.4, -0.2) is 154 Å². The average molecular weight is 788 g/mol. The van der Waals surface area contributed by atoms with Crippen molar-refractivity contribution in [3.8, 4) is 0 Å². The molecule has 0 bridgehead atoms. The van der Waals surface area contributed by atoms with Crippen LogP contribution in [0.1, 0.15) is 72.6 Å². The number of nitrogens with zero attached hydrogens (tertiary/aromatic N) is 1. The molecule has 0 aromatic carbocycles. The minimum atomic E-state index is -1.55. The monoisotopic (exact) mass is 787 g/mol. The highest BCUT2D eigenvalue weighted by atomic mass is 16.4. The molecule has 0 saturated carbocycles. The zero-order valence-electron chi connectivity index (χ0n) is 32.0. The molecule has 21 nitrogen and oxygen atoms in total. The Hall–Kier alpha value is -4.44. The Labute approximate surface area is 320 Å². The van der Waals surface area contributed by atoms with E-state index in [1.54, 1.807) is 27.7 Å². The maximum atomic E-state index is 13.6. The fourth-order valence-electron chi connectivity index (χ4n) is 5.72. The summed E-state index contributed by atoms with van der Waals surface area (Å²) >= 11 is 0. The second-order valence-electron chi connectivity index (χ2n) is 14.3. The van der Waals surface area contributed by atoms with E-state index in [-0.39, 0.29) is 44.1 Å². The van der Waals surface area contributed by atoms with Crippen molar-refractivity contribution in [2.75, 3.05) is 39.5 Å². The Balaban J connectivity index is 3.01. The Bertz CT molecular complexity index is 1320. The minimum Gasteiger partial charge on any atom is -0.480 e. The number of carbonyl (C=O) groups excluding carboxylic acids is 7.